The van der Waals surface area contributed by atoms with E-state index < -0.39 is 11.9 Å². The Bertz CT molecular complexity index is 562. The zero-order chi connectivity index (χ0) is 13.1. The summed E-state index contributed by atoms with van der Waals surface area (Å²) in [5.74, 6) is -0.409. The van der Waals surface area contributed by atoms with E-state index in [0.29, 0.717) is 6.42 Å². The first-order valence-electron chi connectivity index (χ1n) is 5.28. The van der Waals surface area contributed by atoms with Crippen molar-refractivity contribution in [2.75, 3.05) is 0 Å². The molecule has 1 heterocycles. The van der Waals surface area contributed by atoms with Crippen molar-refractivity contribution in [3.05, 3.63) is 62.5 Å². The van der Waals surface area contributed by atoms with Crippen molar-refractivity contribution < 1.29 is 9.50 Å². The minimum absolute atomic E-state index is 0.282. The lowest BCUT2D eigenvalue weighted by molar-refractivity contribution is 0.173. The molecule has 1 N–H and O–H groups in total. The van der Waals surface area contributed by atoms with Gasteiger partial charge < -0.3 is 5.11 Å². The first-order chi connectivity index (χ1) is 8.56. The molecule has 1 unspecified atom stereocenters. The van der Waals surface area contributed by atoms with Crippen molar-refractivity contribution in [2.45, 2.75) is 12.5 Å². The minimum atomic E-state index is -0.890. The summed E-state index contributed by atoms with van der Waals surface area (Å²) in [6.45, 7) is 0. The second-order valence-electron chi connectivity index (χ2n) is 3.90. The van der Waals surface area contributed by atoms with Gasteiger partial charge in [0.2, 0.25) is 0 Å². The van der Waals surface area contributed by atoms with Crippen LogP contribution >= 0.6 is 31.9 Å². The minimum Gasteiger partial charge on any atom is -0.388 e. The number of pyridine rings is 1. The number of halogens is 3. The Balaban J connectivity index is 2.21. The largest absolute Gasteiger partial charge is 0.388 e. The van der Waals surface area contributed by atoms with Crippen LogP contribution < -0.4 is 0 Å². The zero-order valence-corrected chi connectivity index (χ0v) is 12.4. The summed E-state index contributed by atoms with van der Waals surface area (Å²) in [5, 5.41) is 10.1. The number of aliphatic hydroxyl groups is 1. The number of nitrogens with zero attached hydrogens (tertiary/aromatic N) is 1. The van der Waals surface area contributed by atoms with Gasteiger partial charge in [-0.1, -0.05) is 15.9 Å². The fourth-order valence-corrected chi connectivity index (χ4v) is 2.46. The van der Waals surface area contributed by atoms with Crippen molar-refractivity contribution in [3.8, 4) is 0 Å². The third-order valence-corrected chi connectivity index (χ3v) is 3.43. The Hall–Kier alpha value is -0.780. The van der Waals surface area contributed by atoms with Crippen molar-refractivity contribution in [1.82, 2.24) is 4.98 Å². The van der Waals surface area contributed by atoms with Crippen LogP contribution in [0.15, 0.2) is 45.6 Å². The molecule has 1 aromatic heterocycles. The molecule has 0 spiro atoms. The molecule has 1 atom stereocenters. The lowest BCUT2D eigenvalue weighted by Gasteiger charge is -2.12. The normalized spacial score (nSPS) is 12.4. The van der Waals surface area contributed by atoms with Crippen LogP contribution in [0, 0.1) is 5.82 Å². The van der Waals surface area contributed by atoms with Gasteiger partial charge >= 0.3 is 0 Å². The van der Waals surface area contributed by atoms with Gasteiger partial charge in [0.25, 0.3) is 0 Å². The summed E-state index contributed by atoms with van der Waals surface area (Å²) < 4.78 is 15.2. The Kier molecular flexibility index (Phi) is 4.48. The fraction of sp³-hybridized carbons (Fsp3) is 0.154. The summed E-state index contributed by atoms with van der Waals surface area (Å²) in [6, 6.07) is 6.38. The van der Waals surface area contributed by atoms with Crippen molar-refractivity contribution in [3.63, 3.8) is 0 Å². The van der Waals surface area contributed by atoms with Gasteiger partial charge in [-0.3, -0.25) is 4.98 Å². The first kappa shape index (κ1) is 13.6. The van der Waals surface area contributed by atoms with Gasteiger partial charge in [0, 0.05) is 33.3 Å². The van der Waals surface area contributed by atoms with E-state index in [1.165, 1.54) is 6.07 Å². The quantitative estimate of drug-likeness (QED) is 0.880. The van der Waals surface area contributed by atoms with E-state index in [0.717, 1.165) is 14.5 Å². The molecule has 0 amide bonds. The molecule has 2 nitrogen and oxygen atoms in total. The lowest BCUT2D eigenvalue weighted by Crippen LogP contribution is -2.04. The van der Waals surface area contributed by atoms with Gasteiger partial charge in [-0.05, 0) is 45.8 Å². The van der Waals surface area contributed by atoms with Crippen molar-refractivity contribution >= 4 is 31.9 Å². The molecule has 5 heteroatoms. The van der Waals surface area contributed by atoms with E-state index >= 15 is 0 Å². The van der Waals surface area contributed by atoms with E-state index in [2.05, 4.69) is 36.8 Å². The molecule has 0 fully saturated rings. The van der Waals surface area contributed by atoms with Crippen molar-refractivity contribution in [2.24, 2.45) is 0 Å². The SMILES string of the molecule is OC(Cc1cncc(Br)c1)c1cc(Br)ccc1F. The topological polar surface area (TPSA) is 33.1 Å². The maximum absolute atomic E-state index is 13.6. The van der Waals surface area contributed by atoms with Gasteiger partial charge in [0.15, 0.2) is 0 Å². The highest BCUT2D eigenvalue weighted by Gasteiger charge is 2.14. The molecule has 0 radical (unpaired) electrons. The summed E-state index contributed by atoms with van der Waals surface area (Å²) >= 11 is 6.57. The monoisotopic (exact) mass is 373 g/mol. The zero-order valence-electron chi connectivity index (χ0n) is 9.28. The predicted octanol–water partition coefficient (Wildman–Crippen LogP) is 4.02. The van der Waals surface area contributed by atoms with Gasteiger partial charge in [-0.25, -0.2) is 4.39 Å². The van der Waals surface area contributed by atoms with E-state index in [4.69, 9.17) is 0 Å². The van der Waals surface area contributed by atoms with E-state index in [-0.39, 0.29) is 5.56 Å². The van der Waals surface area contributed by atoms with Crippen molar-refractivity contribution in [1.29, 1.82) is 0 Å². The number of rotatable bonds is 3. The van der Waals surface area contributed by atoms with E-state index in [1.54, 1.807) is 24.5 Å². The molecular formula is C13H10Br2FNO. The van der Waals surface area contributed by atoms with Crippen LogP contribution in [0.5, 0.6) is 0 Å². The Morgan fingerprint density at radius 3 is 2.67 bits per heavy atom. The average Bonchev–Trinajstić information content (AvgIpc) is 2.32. The molecule has 1 aromatic carbocycles. The van der Waals surface area contributed by atoms with Crippen LogP contribution in [0.25, 0.3) is 0 Å². The van der Waals surface area contributed by atoms with Gasteiger partial charge in [0.1, 0.15) is 5.82 Å². The molecule has 2 rings (SSSR count). The molecule has 18 heavy (non-hydrogen) atoms. The van der Waals surface area contributed by atoms with Gasteiger partial charge in [-0.2, -0.15) is 0 Å². The average molecular weight is 375 g/mol. The third kappa shape index (κ3) is 3.37. The maximum Gasteiger partial charge on any atom is 0.129 e. The summed E-state index contributed by atoms with van der Waals surface area (Å²) in [5.41, 5.74) is 1.13. The van der Waals surface area contributed by atoms with Crippen LogP contribution in [0.4, 0.5) is 4.39 Å². The van der Waals surface area contributed by atoms with Crippen LogP contribution in [-0.2, 0) is 6.42 Å². The van der Waals surface area contributed by atoms with Crippen LogP contribution in [0.1, 0.15) is 17.2 Å². The smallest absolute Gasteiger partial charge is 0.129 e. The Morgan fingerprint density at radius 1 is 1.17 bits per heavy atom. The molecular weight excluding hydrogens is 365 g/mol. The maximum atomic E-state index is 13.6. The highest BCUT2D eigenvalue weighted by atomic mass is 79.9. The second kappa shape index (κ2) is 5.91. The summed E-state index contributed by atoms with van der Waals surface area (Å²) in [4.78, 5) is 4.01. The highest BCUT2D eigenvalue weighted by molar-refractivity contribution is 9.10. The lowest BCUT2D eigenvalue weighted by atomic mass is 10.0. The number of benzene rings is 1. The van der Waals surface area contributed by atoms with Crippen LogP contribution in [0.2, 0.25) is 0 Å². The summed E-state index contributed by atoms with van der Waals surface area (Å²) in [6.07, 6.45) is 2.75. The standard InChI is InChI=1S/C13H10Br2FNO/c14-9-1-2-12(16)11(5-9)13(18)4-8-3-10(15)7-17-6-8/h1-3,5-7,13,18H,4H2. The summed E-state index contributed by atoms with van der Waals surface area (Å²) in [7, 11) is 0. The second-order valence-corrected chi connectivity index (χ2v) is 5.73. The Labute approximate surface area is 121 Å². The predicted molar refractivity (Wildman–Crippen MR) is 74.7 cm³/mol. The molecule has 2 aromatic rings. The molecule has 0 bridgehead atoms. The molecule has 0 saturated heterocycles. The van der Waals surface area contributed by atoms with Crippen LogP contribution in [-0.4, -0.2) is 10.1 Å². The fourth-order valence-electron chi connectivity index (χ4n) is 1.67. The van der Waals surface area contributed by atoms with E-state index in [9.17, 15) is 9.50 Å². The highest BCUT2D eigenvalue weighted by Crippen LogP contribution is 2.25. The number of aliphatic hydroxyl groups excluding tert-OH is 1. The van der Waals surface area contributed by atoms with Crippen LogP contribution in [0.3, 0.4) is 0 Å². The Morgan fingerprint density at radius 2 is 1.94 bits per heavy atom. The number of aromatic nitrogens is 1. The molecule has 0 aliphatic carbocycles. The molecule has 0 aliphatic rings. The van der Waals surface area contributed by atoms with Gasteiger partial charge in [-0.15, -0.1) is 0 Å². The van der Waals surface area contributed by atoms with E-state index in [1.807, 2.05) is 6.07 Å². The number of hydrogen-bond donors (Lipinski definition) is 1. The molecule has 0 aliphatic heterocycles. The van der Waals surface area contributed by atoms with Gasteiger partial charge in [0.05, 0.1) is 6.10 Å². The third-order valence-electron chi connectivity index (χ3n) is 2.51. The molecule has 0 saturated carbocycles. The molecule has 94 valence electrons. The number of hydrogen-bond acceptors (Lipinski definition) is 2. The first-order valence-corrected chi connectivity index (χ1v) is 6.87.